The highest BCUT2D eigenvalue weighted by molar-refractivity contribution is 7.18. The molecule has 0 aliphatic rings. The molecule has 0 atom stereocenters. The van der Waals surface area contributed by atoms with Crippen LogP contribution in [-0.2, 0) is 6.54 Å². The minimum atomic E-state index is -0.195. The number of rotatable bonds is 3. The maximum atomic E-state index is 11.8. The summed E-state index contributed by atoms with van der Waals surface area (Å²) in [7, 11) is 0. The van der Waals surface area contributed by atoms with Gasteiger partial charge in [0.15, 0.2) is 0 Å². The van der Waals surface area contributed by atoms with Crippen molar-refractivity contribution in [2.45, 2.75) is 13.5 Å². The van der Waals surface area contributed by atoms with Gasteiger partial charge in [-0.1, -0.05) is 6.07 Å². The minimum absolute atomic E-state index is 0.195. The summed E-state index contributed by atoms with van der Waals surface area (Å²) in [5.41, 5.74) is 1.75. The van der Waals surface area contributed by atoms with Gasteiger partial charge in [0, 0.05) is 10.6 Å². The van der Waals surface area contributed by atoms with Crippen molar-refractivity contribution in [3.63, 3.8) is 0 Å². The number of urea groups is 1. The van der Waals surface area contributed by atoms with Crippen LogP contribution in [0.5, 0.6) is 0 Å². The second-order valence-electron chi connectivity index (χ2n) is 4.30. The van der Waals surface area contributed by atoms with E-state index in [2.05, 4.69) is 15.6 Å². The van der Waals surface area contributed by atoms with Crippen molar-refractivity contribution in [3.8, 4) is 0 Å². The number of aryl methyl sites for hydroxylation is 1. The van der Waals surface area contributed by atoms with Gasteiger partial charge < -0.3 is 10.6 Å². The lowest BCUT2D eigenvalue weighted by Gasteiger charge is -2.06. The number of aromatic nitrogens is 1. The van der Waals surface area contributed by atoms with Crippen LogP contribution >= 0.6 is 22.7 Å². The molecule has 2 aromatic heterocycles. The van der Waals surface area contributed by atoms with Crippen molar-refractivity contribution in [1.29, 1.82) is 0 Å². The van der Waals surface area contributed by atoms with Crippen LogP contribution < -0.4 is 10.6 Å². The molecule has 20 heavy (non-hydrogen) atoms. The van der Waals surface area contributed by atoms with Crippen molar-refractivity contribution in [2.24, 2.45) is 0 Å². The van der Waals surface area contributed by atoms with E-state index in [0.29, 0.717) is 6.54 Å². The van der Waals surface area contributed by atoms with Crippen LogP contribution in [0.1, 0.15) is 9.88 Å². The number of carbonyl (C=O) groups excluding carboxylic acids is 1. The summed E-state index contributed by atoms with van der Waals surface area (Å²) in [4.78, 5) is 17.3. The lowest BCUT2D eigenvalue weighted by molar-refractivity contribution is 0.252. The van der Waals surface area contributed by atoms with Crippen molar-refractivity contribution in [1.82, 2.24) is 10.3 Å². The summed E-state index contributed by atoms with van der Waals surface area (Å²) in [6.07, 6.45) is 0. The fourth-order valence-corrected chi connectivity index (χ4v) is 3.38. The second-order valence-corrected chi connectivity index (χ2v) is 6.57. The molecular weight excluding hydrogens is 290 g/mol. The van der Waals surface area contributed by atoms with Crippen molar-refractivity contribution in [2.75, 3.05) is 5.32 Å². The fraction of sp³-hybridized carbons (Fsp3) is 0.143. The zero-order valence-electron chi connectivity index (χ0n) is 10.8. The average molecular weight is 303 g/mol. The van der Waals surface area contributed by atoms with E-state index in [4.69, 9.17) is 0 Å². The summed E-state index contributed by atoms with van der Waals surface area (Å²) in [5.74, 6) is 0. The van der Waals surface area contributed by atoms with Crippen molar-refractivity contribution >= 4 is 44.6 Å². The zero-order valence-corrected chi connectivity index (χ0v) is 12.5. The number of nitrogens with one attached hydrogen (secondary N) is 2. The lowest BCUT2D eigenvalue weighted by Crippen LogP contribution is -2.27. The topological polar surface area (TPSA) is 54.0 Å². The molecule has 0 aliphatic heterocycles. The Kier molecular flexibility index (Phi) is 3.66. The number of carbonyl (C=O) groups is 1. The van der Waals surface area contributed by atoms with Gasteiger partial charge in [0.2, 0.25) is 0 Å². The minimum Gasteiger partial charge on any atom is -0.333 e. The molecule has 0 radical (unpaired) electrons. The van der Waals surface area contributed by atoms with Gasteiger partial charge in [0.05, 0.1) is 21.8 Å². The van der Waals surface area contributed by atoms with Crippen LogP contribution in [0.25, 0.3) is 10.2 Å². The SMILES string of the molecule is Cc1nc2ccc(NC(=O)NCc3cccs3)cc2s1. The van der Waals surface area contributed by atoms with E-state index >= 15 is 0 Å². The Morgan fingerprint density at radius 1 is 1.35 bits per heavy atom. The molecule has 0 saturated heterocycles. The molecule has 0 spiro atoms. The molecule has 3 aromatic rings. The molecule has 102 valence electrons. The third-order valence-corrected chi connectivity index (χ3v) is 4.57. The second kappa shape index (κ2) is 5.60. The van der Waals surface area contributed by atoms with Gasteiger partial charge in [-0.05, 0) is 36.6 Å². The highest BCUT2D eigenvalue weighted by Gasteiger charge is 2.05. The third kappa shape index (κ3) is 2.97. The maximum absolute atomic E-state index is 11.8. The number of hydrogen-bond acceptors (Lipinski definition) is 4. The zero-order chi connectivity index (χ0) is 13.9. The number of anilines is 1. The number of hydrogen-bond donors (Lipinski definition) is 2. The van der Waals surface area contributed by atoms with Gasteiger partial charge in [0.1, 0.15) is 0 Å². The molecule has 2 heterocycles. The van der Waals surface area contributed by atoms with Crippen LogP contribution in [-0.4, -0.2) is 11.0 Å². The molecule has 2 amide bonds. The molecule has 0 aliphatic carbocycles. The number of amides is 2. The van der Waals surface area contributed by atoms with Crippen LogP contribution in [0.4, 0.5) is 10.5 Å². The molecule has 3 rings (SSSR count). The Bertz CT molecular complexity index is 734. The Morgan fingerprint density at radius 3 is 3.05 bits per heavy atom. The number of fused-ring (bicyclic) bond motifs is 1. The monoisotopic (exact) mass is 303 g/mol. The normalized spacial score (nSPS) is 10.7. The maximum Gasteiger partial charge on any atom is 0.319 e. The van der Waals surface area contributed by atoms with Crippen LogP contribution in [0, 0.1) is 6.92 Å². The van der Waals surface area contributed by atoms with E-state index in [-0.39, 0.29) is 6.03 Å². The van der Waals surface area contributed by atoms with E-state index in [1.807, 2.05) is 42.6 Å². The summed E-state index contributed by atoms with van der Waals surface area (Å²) < 4.78 is 1.08. The Balaban J connectivity index is 1.64. The summed E-state index contributed by atoms with van der Waals surface area (Å²) in [6, 6.07) is 9.51. The van der Waals surface area contributed by atoms with Crippen LogP contribution in [0.15, 0.2) is 35.7 Å². The summed E-state index contributed by atoms with van der Waals surface area (Å²) >= 11 is 3.25. The van der Waals surface area contributed by atoms with Crippen LogP contribution in [0.2, 0.25) is 0 Å². The molecule has 1 aromatic carbocycles. The quantitative estimate of drug-likeness (QED) is 0.768. The van der Waals surface area contributed by atoms with Crippen molar-refractivity contribution in [3.05, 3.63) is 45.6 Å². The fourth-order valence-electron chi connectivity index (χ4n) is 1.87. The van der Waals surface area contributed by atoms with Gasteiger partial charge >= 0.3 is 6.03 Å². The van der Waals surface area contributed by atoms with Gasteiger partial charge in [-0.3, -0.25) is 0 Å². The molecule has 0 fully saturated rings. The summed E-state index contributed by atoms with van der Waals surface area (Å²) in [5, 5.41) is 8.70. The lowest BCUT2D eigenvalue weighted by atomic mass is 10.3. The predicted molar refractivity (Wildman–Crippen MR) is 84.5 cm³/mol. The third-order valence-electron chi connectivity index (χ3n) is 2.76. The summed E-state index contributed by atoms with van der Waals surface area (Å²) in [6.45, 7) is 2.52. The molecule has 0 unspecified atom stereocenters. The Morgan fingerprint density at radius 2 is 2.25 bits per heavy atom. The highest BCUT2D eigenvalue weighted by atomic mass is 32.1. The molecule has 0 saturated carbocycles. The van der Waals surface area contributed by atoms with E-state index < -0.39 is 0 Å². The van der Waals surface area contributed by atoms with Gasteiger partial charge in [-0.25, -0.2) is 9.78 Å². The van der Waals surface area contributed by atoms with Gasteiger partial charge in [-0.2, -0.15) is 0 Å². The number of benzene rings is 1. The average Bonchev–Trinajstić information content (AvgIpc) is 3.04. The number of nitrogens with zero attached hydrogens (tertiary/aromatic N) is 1. The molecule has 2 N–H and O–H groups in total. The highest BCUT2D eigenvalue weighted by Crippen LogP contribution is 2.24. The molecule has 6 heteroatoms. The molecule has 4 nitrogen and oxygen atoms in total. The first kappa shape index (κ1) is 13.1. The van der Waals surface area contributed by atoms with E-state index in [1.54, 1.807) is 22.7 Å². The Labute approximate surface area is 124 Å². The Hall–Kier alpha value is -1.92. The standard InChI is InChI=1S/C14H13N3OS2/c1-9-16-12-5-4-10(7-13(12)20-9)17-14(18)15-8-11-3-2-6-19-11/h2-7H,8H2,1H3,(H2,15,17,18). The number of thiophene rings is 1. The van der Waals surface area contributed by atoms with Gasteiger partial charge in [0.25, 0.3) is 0 Å². The number of thiazole rings is 1. The van der Waals surface area contributed by atoms with Crippen molar-refractivity contribution < 1.29 is 4.79 Å². The molecule has 0 bridgehead atoms. The van der Waals surface area contributed by atoms with E-state index in [9.17, 15) is 4.79 Å². The largest absolute Gasteiger partial charge is 0.333 e. The predicted octanol–water partition coefficient (Wildman–Crippen LogP) is 3.99. The first-order chi connectivity index (χ1) is 9.70. The first-order valence-corrected chi connectivity index (χ1v) is 7.85. The molecular formula is C14H13N3OS2. The van der Waals surface area contributed by atoms with Gasteiger partial charge in [-0.15, -0.1) is 22.7 Å². The van der Waals surface area contributed by atoms with E-state index in [0.717, 1.165) is 25.8 Å². The first-order valence-electron chi connectivity index (χ1n) is 6.15. The smallest absolute Gasteiger partial charge is 0.319 e. The van der Waals surface area contributed by atoms with E-state index in [1.165, 1.54) is 0 Å². The van der Waals surface area contributed by atoms with Crippen LogP contribution in [0.3, 0.4) is 0 Å².